The Morgan fingerprint density at radius 2 is 1.67 bits per heavy atom. The number of carbonyl (C=O) groups excluding carboxylic acids is 1. The van der Waals surface area contributed by atoms with Crippen LogP contribution in [0.1, 0.15) is 32.2 Å². The van der Waals surface area contributed by atoms with E-state index in [1.54, 1.807) is 29.2 Å². The Morgan fingerprint density at radius 3 is 2.22 bits per heavy atom. The molecule has 0 bridgehead atoms. The van der Waals surface area contributed by atoms with Crippen LogP contribution in [0.25, 0.3) is 11.5 Å². The van der Waals surface area contributed by atoms with Gasteiger partial charge in [0.25, 0.3) is 0 Å². The Balaban J connectivity index is 1.55. The van der Waals surface area contributed by atoms with Gasteiger partial charge in [0, 0.05) is 48.5 Å². The number of benzene rings is 2. The maximum absolute atomic E-state index is 15.1. The number of para-hydroxylation sites is 1. The van der Waals surface area contributed by atoms with Crippen LogP contribution < -0.4 is 4.90 Å². The lowest BCUT2D eigenvalue weighted by Crippen LogP contribution is -2.57. The summed E-state index contributed by atoms with van der Waals surface area (Å²) in [6.07, 6.45) is -4.79. The van der Waals surface area contributed by atoms with Crippen molar-refractivity contribution in [3.63, 3.8) is 0 Å². The molecule has 1 saturated heterocycles. The number of alkyl halides is 3. The summed E-state index contributed by atoms with van der Waals surface area (Å²) in [6.45, 7) is 8.86. The fourth-order valence-corrected chi connectivity index (χ4v) is 4.05. The van der Waals surface area contributed by atoms with Crippen molar-refractivity contribution < 1.29 is 26.8 Å². The third kappa shape index (κ3) is 5.67. The van der Waals surface area contributed by atoms with Gasteiger partial charge in [-0.2, -0.15) is 13.2 Å². The topological polar surface area (TPSA) is 65.7 Å². The molecule has 0 unspecified atom stereocenters. The second-order valence-corrected chi connectivity index (χ2v) is 9.57. The number of piperazine rings is 1. The van der Waals surface area contributed by atoms with Crippen LogP contribution >= 0.6 is 0 Å². The Morgan fingerprint density at radius 1 is 1.00 bits per heavy atom. The van der Waals surface area contributed by atoms with E-state index in [1.165, 1.54) is 17.0 Å². The van der Waals surface area contributed by atoms with Gasteiger partial charge < -0.3 is 9.32 Å². The predicted molar refractivity (Wildman–Crippen MR) is 126 cm³/mol. The number of halogens is 4. The fourth-order valence-electron chi connectivity index (χ4n) is 4.05. The maximum atomic E-state index is 15.1. The standard InChI is InChI=1S/C25H27F4N5O2/c1-24(2,3)33-13-11-32(12-14-33)23(35)34(19-7-5-4-6-8-19)16-18-10-9-17(15-20(18)26)21-30-31-22(36-21)25(27,28)29/h4-10,15H,11-14,16H2,1-3H3. The van der Waals surface area contributed by atoms with Gasteiger partial charge >= 0.3 is 18.1 Å². The number of rotatable bonds is 4. The van der Waals surface area contributed by atoms with Crippen molar-refractivity contribution in [1.29, 1.82) is 0 Å². The molecule has 0 N–H and O–H groups in total. The Hall–Kier alpha value is -3.47. The van der Waals surface area contributed by atoms with Gasteiger partial charge in [-0.1, -0.05) is 24.3 Å². The molecule has 1 aliphatic heterocycles. The van der Waals surface area contributed by atoms with Crippen LogP contribution in [0.15, 0.2) is 52.9 Å². The van der Waals surface area contributed by atoms with Gasteiger partial charge in [-0.25, -0.2) is 9.18 Å². The summed E-state index contributed by atoms with van der Waals surface area (Å²) in [5.41, 5.74) is 0.809. The van der Waals surface area contributed by atoms with Crippen LogP contribution in [0.4, 0.5) is 28.0 Å². The predicted octanol–water partition coefficient (Wildman–Crippen LogP) is 5.44. The van der Waals surface area contributed by atoms with Gasteiger partial charge in [0.05, 0.1) is 6.54 Å². The monoisotopic (exact) mass is 505 g/mol. The smallest absolute Gasteiger partial charge is 0.413 e. The molecule has 2 heterocycles. The van der Waals surface area contributed by atoms with E-state index in [4.69, 9.17) is 0 Å². The van der Waals surface area contributed by atoms with Crippen molar-refractivity contribution in [3.05, 3.63) is 65.8 Å². The number of amides is 2. The highest BCUT2D eigenvalue weighted by molar-refractivity contribution is 5.92. The zero-order valence-electron chi connectivity index (χ0n) is 20.2. The van der Waals surface area contributed by atoms with E-state index in [2.05, 4.69) is 40.3 Å². The molecule has 1 aliphatic rings. The van der Waals surface area contributed by atoms with Crippen LogP contribution in [-0.2, 0) is 12.7 Å². The lowest BCUT2D eigenvalue weighted by molar-refractivity contribution is -0.156. The molecule has 0 saturated carbocycles. The second-order valence-electron chi connectivity index (χ2n) is 9.57. The van der Waals surface area contributed by atoms with Crippen molar-refractivity contribution in [2.24, 2.45) is 0 Å². The number of anilines is 1. The number of urea groups is 1. The largest absolute Gasteiger partial charge is 0.470 e. The number of carbonyl (C=O) groups is 1. The lowest BCUT2D eigenvalue weighted by atomic mass is 10.1. The molecule has 36 heavy (non-hydrogen) atoms. The molecule has 4 rings (SSSR count). The van der Waals surface area contributed by atoms with E-state index in [0.29, 0.717) is 18.8 Å². The molecular weight excluding hydrogens is 478 g/mol. The molecule has 1 fully saturated rings. The summed E-state index contributed by atoms with van der Waals surface area (Å²) in [4.78, 5) is 19.1. The van der Waals surface area contributed by atoms with Crippen LogP contribution in [-0.4, -0.2) is 57.7 Å². The zero-order valence-corrected chi connectivity index (χ0v) is 20.2. The summed E-state index contributed by atoms with van der Waals surface area (Å²) in [5, 5.41) is 6.34. The van der Waals surface area contributed by atoms with Gasteiger partial charge in [-0.15, -0.1) is 10.2 Å². The number of hydrogen-bond donors (Lipinski definition) is 0. The van der Waals surface area contributed by atoms with Crippen LogP contribution in [0.5, 0.6) is 0 Å². The number of aromatic nitrogens is 2. The Labute approximate surface area is 206 Å². The highest BCUT2D eigenvalue weighted by Crippen LogP contribution is 2.31. The third-order valence-electron chi connectivity index (χ3n) is 6.09. The molecule has 0 aliphatic carbocycles. The van der Waals surface area contributed by atoms with Gasteiger partial charge in [0.1, 0.15) is 5.82 Å². The van der Waals surface area contributed by atoms with Crippen molar-refractivity contribution in [1.82, 2.24) is 20.0 Å². The highest BCUT2D eigenvalue weighted by Gasteiger charge is 2.38. The molecule has 11 heteroatoms. The van der Waals surface area contributed by atoms with Gasteiger partial charge in [0.2, 0.25) is 5.89 Å². The summed E-state index contributed by atoms with van der Waals surface area (Å²) in [5.74, 6) is -2.65. The molecule has 2 amide bonds. The molecule has 7 nitrogen and oxygen atoms in total. The van der Waals surface area contributed by atoms with Gasteiger partial charge in [-0.05, 0) is 45.0 Å². The minimum Gasteiger partial charge on any atom is -0.413 e. The van der Waals surface area contributed by atoms with Crippen LogP contribution in [0.3, 0.4) is 0 Å². The van der Waals surface area contributed by atoms with Crippen molar-refractivity contribution in [3.8, 4) is 11.5 Å². The first-order valence-electron chi connectivity index (χ1n) is 11.5. The normalized spacial score (nSPS) is 15.2. The molecule has 192 valence electrons. The average Bonchev–Trinajstić information content (AvgIpc) is 3.34. The van der Waals surface area contributed by atoms with E-state index >= 15 is 4.39 Å². The first-order valence-corrected chi connectivity index (χ1v) is 11.5. The number of nitrogens with zero attached hydrogens (tertiary/aromatic N) is 5. The van der Waals surface area contributed by atoms with Gasteiger partial charge in [0.15, 0.2) is 0 Å². The Bertz CT molecular complexity index is 1200. The molecule has 2 aromatic carbocycles. The molecule has 0 spiro atoms. The highest BCUT2D eigenvalue weighted by atomic mass is 19.4. The Kier molecular flexibility index (Phi) is 7.03. The minimum absolute atomic E-state index is 0.00162. The van der Waals surface area contributed by atoms with E-state index in [-0.39, 0.29) is 29.2 Å². The molecule has 3 aromatic rings. The molecule has 1 aromatic heterocycles. The summed E-state index contributed by atoms with van der Waals surface area (Å²) < 4.78 is 58.0. The second kappa shape index (κ2) is 9.88. The third-order valence-corrected chi connectivity index (χ3v) is 6.09. The molecule has 0 radical (unpaired) electrons. The SMILES string of the molecule is CC(C)(C)N1CCN(C(=O)N(Cc2ccc(-c3nnc(C(F)(F)F)o3)cc2F)c2ccccc2)CC1. The van der Waals surface area contributed by atoms with Gasteiger partial charge in [-0.3, -0.25) is 9.80 Å². The van der Waals surface area contributed by atoms with Crippen molar-refractivity contribution >= 4 is 11.7 Å². The van der Waals surface area contributed by atoms with E-state index in [9.17, 15) is 18.0 Å². The van der Waals surface area contributed by atoms with Crippen molar-refractivity contribution in [2.45, 2.75) is 39.0 Å². The fraction of sp³-hybridized carbons (Fsp3) is 0.400. The molecule has 0 atom stereocenters. The molecular formula is C25H27F4N5O2. The number of hydrogen-bond acceptors (Lipinski definition) is 5. The van der Waals surface area contributed by atoms with Crippen LogP contribution in [0.2, 0.25) is 0 Å². The minimum atomic E-state index is -4.79. The van der Waals surface area contributed by atoms with E-state index in [0.717, 1.165) is 19.2 Å². The summed E-state index contributed by atoms with van der Waals surface area (Å²) in [6, 6.07) is 12.5. The first kappa shape index (κ1) is 25.6. The van der Waals surface area contributed by atoms with Crippen LogP contribution in [0, 0.1) is 5.82 Å². The average molecular weight is 506 g/mol. The summed E-state index contributed by atoms with van der Waals surface area (Å²) >= 11 is 0. The maximum Gasteiger partial charge on any atom is 0.470 e. The zero-order chi connectivity index (χ0) is 26.1. The van der Waals surface area contributed by atoms with E-state index < -0.39 is 23.8 Å². The lowest BCUT2D eigenvalue weighted by Gasteiger charge is -2.43. The van der Waals surface area contributed by atoms with E-state index in [1.807, 2.05) is 6.07 Å². The quantitative estimate of drug-likeness (QED) is 0.442. The van der Waals surface area contributed by atoms with Crippen molar-refractivity contribution in [2.75, 3.05) is 31.1 Å². The summed E-state index contributed by atoms with van der Waals surface area (Å²) in [7, 11) is 0. The first-order chi connectivity index (χ1) is 16.9.